The first-order valence-corrected chi connectivity index (χ1v) is 8.60. The van der Waals surface area contributed by atoms with Crippen molar-refractivity contribution in [2.75, 3.05) is 13.1 Å². The summed E-state index contributed by atoms with van der Waals surface area (Å²) in [4.78, 5) is 7.32. The molecule has 1 aromatic carbocycles. The summed E-state index contributed by atoms with van der Waals surface area (Å²) in [5.41, 5.74) is 8.35. The van der Waals surface area contributed by atoms with Gasteiger partial charge in [0.15, 0.2) is 0 Å². The van der Waals surface area contributed by atoms with E-state index >= 15 is 0 Å². The van der Waals surface area contributed by atoms with Gasteiger partial charge in [-0.1, -0.05) is 37.3 Å². The molecular formula is C17H24ClN3S. The molecule has 0 spiro atoms. The van der Waals surface area contributed by atoms with E-state index in [-0.39, 0.29) is 12.4 Å². The minimum atomic E-state index is 0. The summed E-state index contributed by atoms with van der Waals surface area (Å²) in [6.07, 6.45) is 2.57. The van der Waals surface area contributed by atoms with Crippen molar-refractivity contribution in [2.24, 2.45) is 11.7 Å². The lowest BCUT2D eigenvalue weighted by molar-refractivity contribution is 0.0980. The molecule has 2 atom stereocenters. The second-order valence-electron chi connectivity index (χ2n) is 5.90. The lowest BCUT2D eigenvalue weighted by Gasteiger charge is -2.39. The van der Waals surface area contributed by atoms with Crippen molar-refractivity contribution < 1.29 is 0 Å². The summed E-state index contributed by atoms with van der Waals surface area (Å²) in [7, 11) is 0. The van der Waals surface area contributed by atoms with Crippen molar-refractivity contribution in [2.45, 2.75) is 32.4 Å². The number of likely N-dealkylation sites (tertiary alicyclic amines) is 1. The Morgan fingerprint density at radius 3 is 2.82 bits per heavy atom. The molecule has 120 valence electrons. The fraction of sp³-hybridized carbons (Fsp3) is 0.471. The van der Waals surface area contributed by atoms with Crippen LogP contribution in [-0.4, -0.2) is 29.0 Å². The van der Waals surface area contributed by atoms with Gasteiger partial charge >= 0.3 is 0 Å². The second-order valence-corrected chi connectivity index (χ2v) is 6.76. The number of rotatable bonds is 4. The molecule has 2 aromatic rings. The first kappa shape index (κ1) is 17.4. The maximum Gasteiger partial charge on any atom is 0.123 e. The highest BCUT2D eigenvalue weighted by molar-refractivity contribution is 7.13. The van der Waals surface area contributed by atoms with Crippen molar-refractivity contribution in [3.05, 3.63) is 41.4 Å². The standard InChI is InChI=1S/C17H23N3S.ClH/c1-13-6-5-9-20(16(13)10-18)11-15-12-21-17(19-15)14-7-3-2-4-8-14;/h2-4,7-8,12-13,16H,5-6,9-11,18H2,1H3;1H. The van der Waals surface area contributed by atoms with Gasteiger partial charge in [-0.2, -0.15) is 0 Å². The van der Waals surface area contributed by atoms with Gasteiger partial charge in [-0.25, -0.2) is 4.98 Å². The number of benzene rings is 1. The minimum absolute atomic E-state index is 0. The van der Waals surface area contributed by atoms with Gasteiger partial charge in [0, 0.05) is 30.1 Å². The lowest BCUT2D eigenvalue weighted by Crippen LogP contribution is -2.48. The van der Waals surface area contributed by atoms with Gasteiger partial charge in [-0.05, 0) is 25.3 Å². The van der Waals surface area contributed by atoms with Gasteiger partial charge in [0.25, 0.3) is 0 Å². The highest BCUT2D eigenvalue weighted by atomic mass is 35.5. The van der Waals surface area contributed by atoms with E-state index in [1.807, 2.05) is 6.07 Å². The molecular weight excluding hydrogens is 314 g/mol. The maximum atomic E-state index is 5.97. The van der Waals surface area contributed by atoms with Crippen LogP contribution in [0.2, 0.25) is 0 Å². The Bertz CT molecular complexity index is 572. The Kier molecular flexibility index (Phi) is 6.38. The second kappa shape index (κ2) is 8.06. The van der Waals surface area contributed by atoms with Gasteiger partial charge in [0.05, 0.1) is 5.69 Å². The number of aromatic nitrogens is 1. The molecule has 0 amide bonds. The molecule has 1 fully saturated rings. The Morgan fingerprint density at radius 1 is 1.32 bits per heavy atom. The Balaban J connectivity index is 0.00000176. The largest absolute Gasteiger partial charge is 0.329 e. The van der Waals surface area contributed by atoms with E-state index in [0.717, 1.165) is 24.6 Å². The average molecular weight is 338 g/mol. The molecule has 2 unspecified atom stereocenters. The molecule has 1 aromatic heterocycles. The summed E-state index contributed by atoms with van der Waals surface area (Å²) in [6, 6.07) is 10.9. The van der Waals surface area contributed by atoms with Crippen LogP contribution in [0.5, 0.6) is 0 Å². The van der Waals surface area contributed by atoms with Crippen LogP contribution in [0.3, 0.4) is 0 Å². The molecule has 0 bridgehead atoms. The minimum Gasteiger partial charge on any atom is -0.329 e. The average Bonchev–Trinajstić information content (AvgIpc) is 2.97. The molecule has 3 rings (SSSR count). The van der Waals surface area contributed by atoms with Crippen molar-refractivity contribution in [1.82, 2.24) is 9.88 Å². The molecule has 1 aliphatic heterocycles. The molecule has 2 N–H and O–H groups in total. The van der Waals surface area contributed by atoms with Gasteiger partial charge in [-0.3, -0.25) is 4.90 Å². The van der Waals surface area contributed by atoms with Gasteiger partial charge < -0.3 is 5.73 Å². The van der Waals surface area contributed by atoms with Crippen LogP contribution in [-0.2, 0) is 6.54 Å². The van der Waals surface area contributed by atoms with E-state index in [1.54, 1.807) is 11.3 Å². The molecule has 0 radical (unpaired) electrons. The van der Waals surface area contributed by atoms with Gasteiger partial charge in [0.1, 0.15) is 5.01 Å². The quantitative estimate of drug-likeness (QED) is 0.922. The number of thiazole rings is 1. The third-order valence-electron chi connectivity index (χ3n) is 4.41. The van der Waals surface area contributed by atoms with Crippen molar-refractivity contribution in [1.29, 1.82) is 0 Å². The zero-order valence-corrected chi connectivity index (χ0v) is 14.6. The summed E-state index contributed by atoms with van der Waals surface area (Å²) >= 11 is 1.73. The maximum absolute atomic E-state index is 5.97. The van der Waals surface area contributed by atoms with E-state index < -0.39 is 0 Å². The number of nitrogens with zero attached hydrogens (tertiary/aromatic N) is 2. The lowest BCUT2D eigenvalue weighted by atomic mass is 9.91. The van der Waals surface area contributed by atoms with Crippen LogP contribution in [0.25, 0.3) is 10.6 Å². The molecule has 0 aliphatic carbocycles. The van der Waals surface area contributed by atoms with Crippen LogP contribution in [0.1, 0.15) is 25.5 Å². The van der Waals surface area contributed by atoms with Gasteiger partial charge in [0.2, 0.25) is 0 Å². The molecule has 22 heavy (non-hydrogen) atoms. The molecule has 2 heterocycles. The molecule has 3 nitrogen and oxygen atoms in total. The third-order valence-corrected chi connectivity index (χ3v) is 5.35. The fourth-order valence-electron chi connectivity index (χ4n) is 3.21. The number of nitrogens with two attached hydrogens (primary N) is 1. The van der Waals surface area contributed by atoms with E-state index in [4.69, 9.17) is 10.7 Å². The number of halogens is 1. The molecule has 1 saturated heterocycles. The van der Waals surface area contributed by atoms with Gasteiger partial charge in [-0.15, -0.1) is 23.7 Å². The van der Waals surface area contributed by atoms with E-state index in [9.17, 15) is 0 Å². The fourth-order valence-corrected chi connectivity index (χ4v) is 4.03. The zero-order chi connectivity index (χ0) is 14.7. The molecule has 1 aliphatic rings. The summed E-state index contributed by atoms with van der Waals surface area (Å²) in [5, 5.41) is 3.30. The Morgan fingerprint density at radius 2 is 2.09 bits per heavy atom. The van der Waals surface area contributed by atoms with Crippen LogP contribution >= 0.6 is 23.7 Å². The van der Waals surface area contributed by atoms with Crippen LogP contribution in [0, 0.1) is 5.92 Å². The third kappa shape index (κ3) is 3.87. The van der Waals surface area contributed by atoms with Crippen LogP contribution in [0.15, 0.2) is 35.7 Å². The summed E-state index contributed by atoms with van der Waals surface area (Å²) in [6.45, 7) is 5.14. The number of piperidine rings is 1. The van der Waals surface area contributed by atoms with Crippen LogP contribution in [0.4, 0.5) is 0 Å². The predicted octanol–water partition coefficient (Wildman–Crippen LogP) is 3.79. The van der Waals surface area contributed by atoms with Crippen LogP contribution < -0.4 is 5.73 Å². The molecule has 5 heteroatoms. The summed E-state index contributed by atoms with van der Waals surface area (Å²) in [5.74, 6) is 0.691. The number of hydrogen-bond donors (Lipinski definition) is 1. The number of hydrogen-bond acceptors (Lipinski definition) is 4. The SMILES string of the molecule is CC1CCCN(Cc2csc(-c3ccccc3)n2)C1CN.Cl. The normalized spacial score (nSPS) is 22.3. The van der Waals surface area contributed by atoms with Crippen molar-refractivity contribution in [3.8, 4) is 10.6 Å². The van der Waals surface area contributed by atoms with E-state index in [0.29, 0.717) is 12.0 Å². The summed E-state index contributed by atoms with van der Waals surface area (Å²) < 4.78 is 0. The van der Waals surface area contributed by atoms with Crippen molar-refractivity contribution in [3.63, 3.8) is 0 Å². The Labute approximate surface area is 143 Å². The predicted molar refractivity (Wildman–Crippen MR) is 96.4 cm³/mol. The van der Waals surface area contributed by atoms with E-state index in [2.05, 4.69) is 41.5 Å². The van der Waals surface area contributed by atoms with E-state index in [1.165, 1.54) is 24.1 Å². The monoisotopic (exact) mass is 337 g/mol. The zero-order valence-electron chi connectivity index (χ0n) is 12.9. The van der Waals surface area contributed by atoms with Crippen molar-refractivity contribution >= 4 is 23.7 Å². The molecule has 0 saturated carbocycles. The first-order valence-electron chi connectivity index (χ1n) is 7.72. The highest BCUT2D eigenvalue weighted by Crippen LogP contribution is 2.27. The first-order chi connectivity index (χ1) is 10.3. The smallest absolute Gasteiger partial charge is 0.123 e. The highest BCUT2D eigenvalue weighted by Gasteiger charge is 2.27. The topological polar surface area (TPSA) is 42.2 Å². The Hall–Kier alpha value is -0.940.